The molecule has 0 fully saturated rings. The van der Waals surface area contributed by atoms with E-state index in [4.69, 9.17) is 12.2 Å². The van der Waals surface area contributed by atoms with Gasteiger partial charge >= 0.3 is 0 Å². The van der Waals surface area contributed by atoms with Gasteiger partial charge in [0.05, 0.1) is 0 Å². The minimum absolute atomic E-state index is 0.221. The summed E-state index contributed by atoms with van der Waals surface area (Å²) in [6.07, 6.45) is 3.40. The minimum atomic E-state index is -2.65. The van der Waals surface area contributed by atoms with Crippen LogP contribution < -0.4 is 5.32 Å². The van der Waals surface area contributed by atoms with Gasteiger partial charge in [-0.05, 0) is 85.6 Å². The Labute approximate surface area is 185 Å². The van der Waals surface area contributed by atoms with Crippen molar-refractivity contribution in [3.63, 3.8) is 0 Å². The largest absolute Gasteiger partial charge is 0.385 e. The molecule has 0 saturated carbocycles. The van der Waals surface area contributed by atoms with Crippen LogP contribution in [0, 0.1) is 6.92 Å². The molecule has 2 aromatic rings. The molecule has 0 saturated heterocycles. The Kier molecular flexibility index (Phi) is 8.72. The number of halogens is 2. The van der Waals surface area contributed by atoms with Crippen LogP contribution in [0.2, 0.25) is 0 Å². The maximum Gasteiger partial charge on any atom is 0.249 e. The molecule has 0 aromatic heterocycles. The molecular formula is C26H33F2NS. The topological polar surface area (TPSA) is 12.0 Å². The van der Waals surface area contributed by atoms with Crippen LogP contribution in [0.15, 0.2) is 49.0 Å². The molecule has 2 aromatic carbocycles. The zero-order valence-electron chi connectivity index (χ0n) is 18.5. The summed E-state index contributed by atoms with van der Waals surface area (Å²) in [5, 5.41) is 3.09. The van der Waals surface area contributed by atoms with Gasteiger partial charge in [0.2, 0.25) is 5.92 Å². The van der Waals surface area contributed by atoms with E-state index in [2.05, 4.69) is 43.9 Å². The Morgan fingerprint density at radius 2 is 1.87 bits per heavy atom. The fourth-order valence-corrected chi connectivity index (χ4v) is 4.18. The standard InChI is InChI=1S/C13H17F2N.C13H16S/c1-4-16-10(2)12-7-5-11(6-8-12)9-13(3,14)15;1-9-4-3-5-13-11(8-10(2)14)6-7-12(9)13/h5-8,16H,2,4,9H2,1,3H3;3-5,11H,6-8H2,1-2H3. The van der Waals surface area contributed by atoms with Gasteiger partial charge in [-0.2, -0.15) is 0 Å². The first-order chi connectivity index (χ1) is 14.1. The Hall–Kier alpha value is -2.07. The maximum atomic E-state index is 12.8. The molecule has 0 amide bonds. The number of hydrogen-bond donors (Lipinski definition) is 1. The van der Waals surface area contributed by atoms with Crippen molar-refractivity contribution in [1.82, 2.24) is 5.32 Å². The number of aryl methyl sites for hydroxylation is 1. The minimum Gasteiger partial charge on any atom is -0.385 e. The van der Waals surface area contributed by atoms with Gasteiger partial charge in [0.15, 0.2) is 0 Å². The monoisotopic (exact) mass is 429 g/mol. The Morgan fingerprint density at radius 3 is 2.43 bits per heavy atom. The Balaban J connectivity index is 0.000000215. The third-order valence-electron chi connectivity index (χ3n) is 5.37. The molecule has 30 heavy (non-hydrogen) atoms. The zero-order valence-corrected chi connectivity index (χ0v) is 19.3. The predicted octanol–water partition coefficient (Wildman–Crippen LogP) is 7.27. The van der Waals surface area contributed by atoms with E-state index in [1.165, 1.54) is 18.4 Å². The smallest absolute Gasteiger partial charge is 0.249 e. The highest BCUT2D eigenvalue weighted by Gasteiger charge is 2.23. The first-order valence-electron chi connectivity index (χ1n) is 10.6. The summed E-state index contributed by atoms with van der Waals surface area (Å²) in [4.78, 5) is 1.14. The number of thiocarbonyl (C=S) groups is 1. The van der Waals surface area contributed by atoms with Gasteiger partial charge in [-0.3, -0.25) is 0 Å². The van der Waals surface area contributed by atoms with Gasteiger partial charge in [-0.15, -0.1) is 0 Å². The summed E-state index contributed by atoms with van der Waals surface area (Å²) in [6.45, 7) is 11.8. The fourth-order valence-electron chi connectivity index (χ4n) is 3.98. The molecule has 0 bridgehead atoms. The molecule has 1 unspecified atom stereocenters. The van der Waals surface area contributed by atoms with Crippen molar-refractivity contribution in [2.75, 3.05) is 6.54 Å². The van der Waals surface area contributed by atoms with Crippen LogP contribution in [0.25, 0.3) is 5.70 Å². The summed E-state index contributed by atoms with van der Waals surface area (Å²) < 4.78 is 25.5. The Bertz CT molecular complexity index is 866. The highest BCUT2D eigenvalue weighted by molar-refractivity contribution is 7.80. The van der Waals surface area contributed by atoms with Crippen molar-refractivity contribution >= 4 is 22.8 Å². The SMILES string of the molecule is C=C(NCC)c1ccc(CC(C)(F)F)cc1.CC(=S)CC1CCc2c(C)cccc21. The van der Waals surface area contributed by atoms with Crippen LogP contribution in [0.4, 0.5) is 8.78 Å². The number of nitrogens with one attached hydrogen (secondary N) is 1. The Morgan fingerprint density at radius 1 is 1.20 bits per heavy atom. The van der Waals surface area contributed by atoms with Crippen LogP contribution in [0.3, 0.4) is 0 Å². The summed E-state index contributed by atoms with van der Waals surface area (Å²) in [5.41, 5.74) is 6.97. The second-order valence-corrected chi connectivity index (χ2v) is 8.93. The first kappa shape index (κ1) is 24.2. The molecule has 1 aliphatic rings. The average molecular weight is 430 g/mol. The number of fused-ring (bicyclic) bond motifs is 1. The molecule has 1 aliphatic carbocycles. The lowest BCUT2D eigenvalue weighted by Crippen LogP contribution is -2.13. The normalized spacial score (nSPS) is 15.1. The van der Waals surface area contributed by atoms with E-state index in [1.807, 2.05) is 19.1 Å². The van der Waals surface area contributed by atoms with Gasteiger partial charge < -0.3 is 5.32 Å². The molecule has 3 rings (SSSR count). The van der Waals surface area contributed by atoms with E-state index in [0.29, 0.717) is 11.5 Å². The molecule has 0 aliphatic heterocycles. The fraction of sp³-hybridized carbons (Fsp3) is 0.423. The zero-order chi connectivity index (χ0) is 22.3. The number of alkyl halides is 2. The van der Waals surface area contributed by atoms with Gasteiger partial charge in [-0.1, -0.05) is 61.3 Å². The van der Waals surface area contributed by atoms with E-state index in [1.54, 1.807) is 23.3 Å². The van der Waals surface area contributed by atoms with Crippen LogP contribution >= 0.6 is 12.2 Å². The first-order valence-corrected chi connectivity index (χ1v) is 11.0. The second kappa shape index (κ2) is 10.8. The van der Waals surface area contributed by atoms with E-state index >= 15 is 0 Å². The molecule has 0 radical (unpaired) electrons. The number of rotatable bonds is 7. The number of hydrogen-bond acceptors (Lipinski definition) is 2. The van der Waals surface area contributed by atoms with E-state index in [9.17, 15) is 8.78 Å². The summed E-state index contributed by atoms with van der Waals surface area (Å²) in [5.74, 6) is -1.96. The molecule has 1 N–H and O–H groups in total. The molecular weight excluding hydrogens is 396 g/mol. The molecule has 162 valence electrons. The molecule has 0 heterocycles. The highest BCUT2D eigenvalue weighted by atomic mass is 32.1. The summed E-state index contributed by atoms with van der Waals surface area (Å²) >= 11 is 5.19. The van der Waals surface area contributed by atoms with Gasteiger partial charge in [0.1, 0.15) is 0 Å². The molecule has 4 heteroatoms. The lowest BCUT2D eigenvalue weighted by Gasteiger charge is -2.11. The lowest BCUT2D eigenvalue weighted by molar-refractivity contribution is 0.0226. The average Bonchev–Trinajstić information content (AvgIpc) is 3.05. The van der Waals surface area contributed by atoms with Gasteiger partial charge in [-0.25, -0.2) is 8.78 Å². The predicted molar refractivity (Wildman–Crippen MR) is 129 cm³/mol. The third-order valence-corrected chi connectivity index (χ3v) is 5.54. The van der Waals surface area contributed by atoms with Gasteiger partial charge in [0, 0.05) is 18.7 Å². The summed E-state index contributed by atoms with van der Waals surface area (Å²) in [6, 6.07) is 13.7. The van der Waals surface area contributed by atoms with E-state index in [0.717, 1.165) is 36.0 Å². The summed E-state index contributed by atoms with van der Waals surface area (Å²) in [7, 11) is 0. The van der Waals surface area contributed by atoms with Crippen LogP contribution in [-0.2, 0) is 12.8 Å². The van der Waals surface area contributed by atoms with Crippen molar-refractivity contribution < 1.29 is 8.78 Å². The lowest BCUT2D eigenvalue weighted by atomic mass is 9.95. The van der Waals surface area contributed by atoms with Crippen molar-refractivity contribution in [3.8, 4) is 0 Å². The van der Waals surface area contributed by atoms with Crippen molar-refractivity contribution in [2.24, 2.45) is 0 Å². The highest BCUT2D eigenvalue weighted by Crippen LogP contribution is 2.37. The third kappa shape index (κ3) is 7.32. The van der Waals surface area contributed by atoms with Crippen molar-refractivity contribution in [2.45, 2.75) is 65.2 Å². The van der Waals surface area contributed by atoms with Crippen molar-refractivity contribution in [3.05, 3.63) is 76.9 Å². The van der Waals surface area contributed by atoms with Crippen molar-refractivity contribution in [1.29, 1.82) is 0 Å². The molecule has 1 nitrogen and oxygen atoms in total. The van der Waals surface area contributed by atoms with Crippen LogP contribution in [-0.4, -0.2) is 17.3 Å². The molecule has 1 atom stereocenters. The van der Waals surface area contributed by atoms with E-state index in [-0.39, 0.29) is 6.42 Å². The van der Waals surface area contributed by atoms with Crippen LogP contribution in [0.5, 0.6) is 0 Å². The van der Waals surface area contributed by atoms with E-state index < -0.39 is 5.92 Å². The van der Waals surface area contributed by atoms with Crippen LogP contribution in [0.1, 0.15) is 67.3 Å². The quantitative estimate of drug-likeness (QED) is 0.465. The molecule has 0 spiro atoms. The van der Waals surface area contributed by atoms with Gasteiger partial charge in [0.25, 0.3) is 0 Å². The second-order valence-electron chi connectivity index (χ2n) is 8.24. The number of benzene rings is 2. The maximum absolute atomic E-state index is 12.8.